The SMILES string of the molecule is COC(=O)c1ncnn1C1CCNCC1. The van der Waals surface area contributed by atoms with Crippen LogP contribution in [0.3, 0.4) is 0 Å². The molecule has 1 aliphatic rings. The van der Waals surface area contributed by atoms with Crippen LogP contribution in [0, 0.1) is 0 Å². The van der Waals surface area contributed by atoms with E-state index >= 15 is 0 Å². The highest BCUT2D eigenvalue weighted by molar-refractivity contribution is 5.85. The minimum atomic E-state index is -0.425. The molecule has 6 nitrogen and oxygen atoms in total. The average molecular weight is 210 g/mol. The van der Waals surface area contributed by atoms with Crippen molar-refractivity contribution in [3.05, 3.63) is 12.2 Å². The second-order valence-electron chi connectivity index (χ2n) is 3.50. The molecule has 2 rings (SSSR count). The number of methoxy groups -OCH3 is 1. The van der Waals surface area contributed by atoms with Crippen LogP contribution in [0.25, 0.3) is 0 Å². The lowest BCUT2D eigenvalue weighted by Crippen LogP contribution is -2.31. The molecule has 6 heteroatoms. The summed E-state index contributed by atoms with van der Waals surface area (Å²) in [6, 6.07) is 0.253. The fourth-order valence-corrected chi connectivity index (χ4v) is 1.81. The zero-order valence-electron chi connectivity index (χ0n) is 8.64. The Balaban J connectivity index is 2.19. The lowest BCUT2D eigenvalue weighted by Gasteiger charge is -2.23. The first-order valence-corrected chi connectivity index (χ1v) is 5.01. The van der Waals surface area contributed by atoms with E-state index < -0.39 is 5.97 Å². The molecule has 1 saturated heterocycles. The Bertz CT molecular complexity index is 344. The standard InChI is InChI=1S/C9H14N4O2/c1-15-9(14)8-11-6-12-13(8)7-2-4-10-5-3-7/h6-7,10H,2-5H2,1H3. The average Bonchev–Trinajstić information content (AvgIpc) is 2.78. The van der Waals surface area contributed by atoms with E-state index in [1.807, 2.05) is 0 Å². The van der Waals surface area contributed by atoms with Crippen molar-refractivity contribution in [3.8, 4) is 0 Å². The molecular formula is C9H14N4O2. The van der Waals surface area contributed by atoms with E-state index in [2.05, 4.69) is 20.1 Å². The zero-order chi connectivity index (χ0) is 10.7. The Kier molecular flexibility index (Phi) is 2.96. The summed E-state index contributed by atoms with van der Waals surface area (Å²) in [6.45, 7) is 1.90. The van der Waals surface area contributed by atoms with Crippen LogP contribution in [-0.4, -0.2) is 40.9 Å². The van der Waals surface area contributed by atoms with E-state index in [9.17, 15) is 4.79 Å². The Morgan fingerprint density at radius 2 is 2.33 bits per heavy atom. The van der Waals surface area contributed by atoms with Crippen molar-refractivity contribution in [2.75, 3.05) is 20.2 Å². The van der Waals surface area contributed by atoms with Gasteiger partial charge in [0.25, 0.3) is 0 Å². The van der Waals surface area contributed by atoms with Crippen molar-refractivity contribution < 1.29 is 9.53 Å². The molecule has 0 aromatic carbocycles. The molecule has 0 amide bonds. The Labute approximate surface area is 87.6 Å². The number of rotatable bonds is 2. The molecule has 0 aliphatic carbocycles. The molecule has 2 heterocycles. The molecule has 15 heavy (non-hydrogen) atoms. The Morgan fingerprint density at radius 1 is 1.60 bits per heavy atom. The van der Waals surface area contributed by atoms with Gasteiger partial charge in [0.15, 0.2) is 0 Å². The Hall–Kier alpha value is -1.43. The Morgan fingerprint density at radius 3 is 3.00 bits per heavy atom. The maximum atomic E-state index is 11.4. The zero-order valence-corrected chi connectivity index (χ0v) is 8.64. The molecule has 0 bridgehead atoms. The molecule has 1 fully saturated rings. The first-order valence-electron chi connectivity index (χ1n) is 5.01. The smallest absolute Gasteiger partial charge is 0.375 e. The number of carbonyl (C=O) groups excluding carboxylic acids is 1. The highest BCUT2D eigenvalue weighted by Gasteiger charge is 2.22. The van der Waals surface area contributed by atoms with E-state index in [1.54, 1.807) is 4.68 Å². The first kappa shape index (κ1) is 10.1. The predicted molar refractivity (Wildman–Crippen MR) is 52.5 cm³/mol. The molecule has 0 saturated carbocycles. The first-order chi connectivity index (χ1) is 7.33. The summed E-state index contributed by atoms with van der Waals surface area (Å²) in [5.41, 5.74) is 0. The van der Waals surface area contributed by atoms with Crippen molar-refractivity contribution in [2.24, 2.45) is 0 Å². The number of nitrogens with one attached hydrogen (secondary N) is 1. The molecule has 0 radical (unpaired) electrons. The summed E-state index contributed by atoms with van der Waals surface area (Å²) >= 11 is 0. The van der Waals surface area contributed by atoms with Crippen molar-refractivity contribution in [2.45, 2.75) is 18.9 Å². The van der Waals surface area contributed by atoms with Crippen LogP contribution in [0.15, 0.2) is 6.33 Å². The molecule has 1 aromatic heterocycles. The maximum Gasteiger partial charge on any atom is 0.375 e. The van der Waals surface area contributed by atoms with Gasteiger partial charge < -0.3 is 10.1 Å². The molecule has 1 aliphatic heterocycles. The van der Waals surface area contributed by atoms with Crippen LogP contribution in [0.4, 0.5) is 0 Å². The summed E-state index contributed by atoms with van der Waals surface area (Å²) in [5, 5.41) is 7.35. The summed E-state index contributed by atoms with van der Waals surface area (Å²) in [7, 11) is 1.35. The maximum absolute atomic E-state index is 11.4. The second-order valence-corrected chi connectivity index (χ2v) is 3.50. The second kappa shape index (κ2) is 4.39. The molecule has 0 atom stereocenters. The summed E-state index contributed by atoms with van der Waals surface area (Å²) < 4.78 is 6.32. The summed E-state index contributed by atoms with van der Waals surface area (Å²) in [4.78, 5) is 15.3. The molecular weight excluding hydrogens is 196 g/mol. The quantitative estimate of drug-likeness (QED) is 0.695. The van der Waals surface area contributed by atoms with Gasteiger partial charge in [0.2, 0.25) is 5.82 Å². The van der Waals surface area contributed by atoms with Gasteiger partial charge in [0, 0.05) is 0 Å². The van der Waals surface area contributed by atoms with Gasteiger partial charge in [-0.15, -0.1) is 0 Å². The predicted octanol–water partition coefficient (Wildman–Crippen LogP) is -0.0108. The van der Waals surface area contributed by atoms with Gasteiger partial charge in [-0.3, -0.25) is 0 Å². The van der Waals surface area contributed by atoms with E-state index in [-0.39, 0.29) is 6.04 Å². The minimum Gasteiger partial charge on any atom is -0.463 e. The van der Waals surface area contributed by atoms with Crippen LogP contribution < -0.4 is 5.32 Å². The molecule has 1 aromatic rings. The number of piperidine rings is 1. The largest absolute Gasteiger partial charge is 0.463 e. The number of hydrogen-bond acceptors (Lipinski definition) is 5. The van der Waals surface area contributed by atoms with Crippen LogP contribution in [0.2, 0.25) is 0 Å². The van der Waals surface area contributed by atoms with Gasteiger partial charge in [-0.05, 0) is 25.9 Å². The lowest BCUT2D eigenvalue weighted by atomic mass is 10.1. The summed E-state index contributed by atoms with van der Waals surface area (Å²) in [6.07, 6.45) is 3.33. The fourth-order valence-electron chi connectivity index (χ4n) is 1.81. The molecule has 1 N–H and O–H groups in total. The number of ether oxygens (including phenoxy) is 1. The number of esters is 1. The van der Waals surface area contributed by atoms with E-state index in [0.29, 0.717) is 5.82 Å². The highest BCUT2D eigenvalue weighted by Crippen LogP contribution is 2.18. The van der Waals surface area contributed by atoms with Crippen molar-refractivity contribution in [3.63, 3.8) is 0 Å². The van der Waals surface area contributed by atoms with E-state index in [0.717, 1.165) is 25.9 Å². The van der Waals surface area contributed by atoms with Gasteiger partial charge in [0.05, 0.1) is 13.2 Å². The van der Waals surface area contributed by atoms with E-state index in [4.69, 9.17) is 0 Å². The van der Waals surface area contributed by atoms with E-state index in [1.165, 1.54) is 13.4 Å². The normalized spacial score (nSPS) is 17.7. The third-order valence-corrected chi connectivity index (χ3v) is 2.60. The van der Waals surface area contributed by atoms with Gasteiger partial charge in [0.1, 0.15) is 6.33 Å². The third-order valence-electron chi connectivity index (χ3n) is 2.60. The van der Waals surface area contributed by atoms with Crippen LogP contribution in [-0.2, 0) is 4.74 Å². The molecule has 0 unspecified atom stereocenters. The third kappa shape index (κ3) is 1.99. The number of carbonyl (C=O) groups is 1. The van der Waals surface area contributed by atoms with Crippen molar-refractivity contribution in [1.82, 2.24) is 20.1 Å². The minimum absolute atomic E-state index is 0.253. The number of nitrogens with zero attached hydrogens (tertiary/aromatic N) is 3. The summed E-state index contributed by atoms with van der Waals surface area (Å²) in [5.74, 6) is -0.129. The van der Waals surface area contributed by atoms with Gasteiger partial charge in [-0.1, -0.05) is 0 Å². The van der Waals surface area contributed by atoms with Gasteiger partial charge in [-0.2, -0.15) is 5.10 Å². The molecule has 82 valence electrons. The van der Waals surface area contributed by atoms with Crippen LogP contribution in [0.5, 0.6) is 0 Å². The van der Waals surface area contributed by atoms with Crippen LogP contribution >= 0.6 is 0 Å². The fraction of sp³-hybridized carbons (Fsp3) is 0.667. The lowest BCUT2D eigenvalue weighted by molar-refractivity contribution is 0.0574. The molecule has 0 spiro atoms. The van der Waals surface area contributed by atoms with Crippen LogP contribution in [0.1, 0.15) is 29.5 Å². The monoisotopic (exact) mass is 210 g/mol. The number of aromatic nitrogens is 3. The topological polar surface area (TPSA) is 69.0 Å². The highest BCUT2D eigenvalue weighted by atomic mass is 16.5. The number of hydrogen-bond donors (Lipinski definition) is 1. The van der Waals surface area contributed by atoms with Crippen molar-refractivity contribution in [1.29, 1.82) is 0 Å². The van der Waals surface area contributed by atoms with Gasteiger partial charge >= 0.3 is 5.97 Å². The van der Waals surface area contributed by atoms with Gasteiger partial charge in [-0.25, -0.2) is 14.5 Å². The van der Waals surface area contributed by atoms with Crippen molar-refractivity contribution >= 4 is 5.97 Å².